The molecule has 0 radical (unpaired) electrons. The van der Waals surface area contributed by atoms with Gasteiger partial charge in [0.1, 0.15) is 0 Å². The van der Waals surface area contributed by atoms with Gasteiger partial charge in [0, 0.05) is 11.8 Å². The molecule has 0 unspecified atom stereocenters. The topological polar surface area (TPSA) is 86.2 Å². The number of nitrogens with zero attached hydrogens (tertiary/aromatic N) is 1. The summed E-state index contributed by atoms with van der Waals surface area (Å²) in [5.74, 6) is 1.48. The Morgan fingerprint density at radius 3 is 1.97 bits per heavy atom. The number of hydrogen-bond donors (Lipinski definition) is 1. The standard InChI is InChI=1S/C25H28N2O5S/c1-16-11-17(2)25(18(3)12-16)33(28,29)27-21-10-8-7-9-20(21)26-15-19-13-22(30-4)24(32-6)23(14-19)31-5/h7-15,27H,1-6H3. The lowest BCUT2D eigenvalue weighted by atomic mass is 10.1. The van der Waals surface area contributed by atoms with E-state index in [2.05, 4.69) is 9.71 Å². The molecular weight excluding hydrogens is 440 g/mol. The molecule has 0 aliphatic heterocycles. The minimum Gasteiger partial charge on any atom is -0.493 e. The zero-order valence-electron chi connectivity index (χ0n) is 19.6. The largest absolute Gasteiger partial charge is 0.493 e. The zero-order valence-corrected chi connectivity index (χ0v) is 20.4. The second-order valence-electron chi connectivity index (χ2n) is 7.57. The number of ether oxygens (including phenoxy) is 3. The predicted molar refractivity (Wildman–Crippen MR) is 131 cm³/mol. The summed E-state index contributed by atoms with van der Waals surface area (Å²) in [7, 11) is 0.806. The van der Waals surface area contributed by atoms with Crippen molar-refractivity contribution in [2.45, 2.75) is 25.7 Å². The average Bonchev–Trinajstić information content (AvgIpc) is 2.76. The van der Waals surface area contributed by atoms with E-state index >= 15 is 0 Å². The number of benzene rings is 3. The van der Waals surface area contributed by atoms with Gasteiger partial charge in [0.15, 0.2) is 11.5 Å². The van der Waals surface area contributed by atoms with Gasteiger partial charge in [0.05, 0.1) is 37.6 Å². The van der Waals surface area contributed by atoms with Gasteiger partial charge < -0.3 is 14.2 Å². The highest BCUT2D eigenvalue weighted by Gasteiger charge is 2.21. The number of aliphatic imine (C=N–C) groups is 1. The van der Waals surface area contributed by atoms with Crippen LogP contribution in [-0.4, -0.2) is 36.0 Å². The molecule has 0 heterocycles. The van der Waals surface area contributed by atoms with Crippen LogP contribution in [0.15, 0.2) is 58.4 Å². The summed E-state index contributed by atoms with van der Waals surface area (Å²) in [5.41, 5.74) is 3.95. The summed E-state index contributed by atoms with van der Waals surface area (Å²) in [6, 6.07) is 14.2. The zero-order chi connectivity index (χ0) is 24.2. The fraction of sp³-hybridized carbons (Fsp3) is 0.240. The van der Waals surface area contributed by atoms with Crippen molar-refractivity contribution >= 4 is 27.6 Å². The fourth-order valence-electron chi connectivity index (χ4n) is 3.78. The Labute approximate surface area is 195 Å². The summed E-state index contributed by atoms with van der Waals surface area (Å²) < 4.78 is 45.2. The lowest BCUT2D eigenvalue weighted by Gasteiger charge is -2.15. The molecule has 174 valence electrons. The second kappa shape index (κ2) is 9.95. The molecule has 0 amide bonds. The number of nitrogens with one attached hydrogen (secondary N) is 1. The van der Waals surface area contributed by atoms with E-state index in [1.54, 1.807) is 56.5 Å². The van der Waals surface area contributed by atoms with Crippen molar-refractivity contribution in [3.63, 3.8) is 0 Å². The van der Waals surface area contributed by atoms with E-state index in [0.29, 0.717) is 45.3 Å². The first-order valence-electron chi connectivity index (χ1n) is 10.2. The van der Waals surface area contributed by atoms with E-state index < -0.39 is 10.0 Å². The third-order valence-corrected chi connectivity index (χ3v) is 6.73. The van der Waals surface area contributed by atoms with Gasteiger partial charge in [-0.1, -0.05) is 29.8 Å². The number of aryl methyl sites for hydroxylation is 3. The highest BCUT2D eigenvalue weighted by molar-refractivity contribution is 7.92. The maximum Gasteiger partial charge on any atom is 0.262 e. The molecular formula is C25H28N2O5S. The first-order chi connectivity index (χ1) is 15.7. The minimum absolute atomic E-state index is 0.275. The third kappa shape index (κ3) is 5.28. The van der Waals surface area contributed by atoms with Crippen LogP contribution in [0.1, 0.15) is 22.3 Å². The average molecular weight is 469 g/mol. The van der Waals surface area contributed by atoms with Crippen LogP contribution in [0.2, 0.25) is 0 Å². The van der Waals surface area contributed by atoms with Crippen LogP contribution in [0.3, 0.4) is 0 Å². The number of methoxy groups -OCH3 is 3. The smallest absolute Gasteiger partial charge is 0.262 e. The van der Waals surface area contributed by atoms with E-state index in [-0.39, 0.29) is 4.90 Å². The van der Waals surface area contributed by atoms with E-state index in [0.717, 1.165) is 5.56 Å². The maximum atomic E-state index is 13.2. The molecule has 0 saturated carbocycles. The Bertz CT molecular complexity index is 1250. The van der Waals surface area contributed by atoms with Crippen LogP contribution in [0.4, 0.5) is 11.4 Å². The molecule has 0 aliphatic rings. The van der Waals surface area contributed by atoms with Crippen LogP contribution in [0, 0.1) is 20.8 Å². The van der Waals surface area contributed by atoms with Crippen molar-refractivity contribution < 1.29 is 22.6 Å². The van der Waals surface area contributed by atoms with Crippen LogP contribution in [-0.2, 0) is 10.0 Å². The van der Waals surface area contributed by atoms with Crippen molar-refractivity contribution in [1.29, 1.82) is 0 Å². The van der Waals surface area contributed by atoms with Crippen LogP contribution < -0.4 is 18.9 Å². The molecule has 0 fully saturated rings. The number of anilines is 1. The summed E-state index contributed by atoms with van der Waals surface area (Å²) in [4.78, 5) is 4.79. The quantitative estimate of drug-likeness (QED) is 0.460. The number of rotatable bonds is 8. The summed E-state index contributed by atoms with van der Waals surface area (Å²) in [6.45, 7) is 5.53. The second-order valence-corrected chi connectivity index (χ2v) is 9.19. The highest BCUT2D eigenvalue weighted by Crippen LogP contribution is 2.38. The Morgan fingerprint density at radius 1 is 0.848 bits per heavy atom. The molecule has 0 aliphatic carbocycles. The summed E-state index contributed by atoms with van der Waals surface area (Å²) in [6.07, 6.45) is 1.61. The lowest BCUT2D eigenvalue weighted by molar-refractivity contribution is 0.324. The predicted octanol–water partition coefficient (Wildman–Crippen LogP) is 5.19. The van der Waals surface area contributed by atoms with Crippen molar-refractivity contribution in [3.05, 3.63) is 70.8 Å². The SMILES string of the molecule is COc1cc(C=Nc2ccccc2NS(=O)(=O)c2c(C)cc(C)cc2C)cc(OC)c1OC. The molecule has 0 atom stereocenters. The maximum absolute atomic E-state index is 13.2. The van der Waals surface area contributed by atoms with Gasteiger partial charge in [-0.3, -0.25) is 9.71 Å². The Morgan fingerprint density at radius 2 is 1.42 bits per heavy atom. The van der Waals surface area contributed by atoms with E-state index in [1.165, 1.54) is 21.3 Å². The van der Waals surface area contributed by atoms with Gasteiger partial charge in [-0.15, -0.1) is 0 Å². The number of hydrogen-bond acceptors (Lipinski definition) is 6. The first-order valence-corrected chi connectivity index (χ1v) is 11.7. The summed E-state index contributed by atoms with van der Waals surface area (Å²) >= 11 is 0. The number of sulfonamides is 1. The highest BCUT2D eigenvalue weighted by atomic mass is 32.2. The van der Waals surface area contributed by atoms with Gasteiger partial charge in [0.2, 0.25) is 5.75 Å². The van der Waals surface area contributed by atoms with Crippen molar-refractivity contribution in [2.24, 2.45) is 4.99 Å². The number of para-hydroxylation sites is 2. The van der Waals surface area contributed by atoms with Crippen LogP contribution in [0.25, 0.3) is 0 Å². The molecule has 7 nitrogen and oxygen atoms in total. The van der Waals surface area contributed by atoms with E-state index in [4.69, 9.17) is 14.2 Å². The Hall–Kier alpha value is -3.52. The normalized spacial score (nSPS) is 11.5. The fourth-order valence-corrected chi connectivity index (χ4v) is 5.31. The molecule has 0 aromatic heterocycles. The van der Waals surface area contributed by atoms with Crippen molar-refractivity contribution in [2.75, 3.05) is 26.1 Å². The van der Waals surface area contributed by atoms with Gasteiger partial charge in [0.25, 0.3) is 10.0 Å². The van der Waals surface area contributed by atoms with Crippen molar-refractivity contribution in [3.8, 4) is 17.2 Å². The third-order valence-electron chi connectivity index (χ3n) is 5.06. The molecule has 0 spiro atoms. The van der Waals surface area contributed by atoms with E-state index in [1.807, 2.05) is 19.1 Å². The summed E-state index contributed by atoms with van der Waals surface area (Å²) in [5, 5.41) is 0. The van der Waals surface area contributed by atoms with Gasteiger partial charge >= 0.3 is 0 Å². The minimum atomic E-state index is -3.81. The molecule has 33 heavy (non-hydrogen) atoms. The molecule has 0 saturated heterocycles. The molecule has 0 bridgehead atoms. The van der Waals surface area contributed by atoms with E-state index in [9.17, 15) is 8.42 Å². The van der Waals surface area contributed by atoms with Gasteiger partial charge in [-0.25, -0.2) is 8.42 Å². The molecule has 3 aromatic rings. The van der Waals surface area contributed by atoms with Crippen LogP contribution >= 0.6 is 0 Å². The molecule has 8 heteroatoms. The van der Waals surface area contributed by atoms with Gasteiger partial charge in [-0.2, -0.15) is 0 Å². The molecule has 3 rings (SSSR count). The Balaban J connectivity index is 1.98. The monoisotopic (exact) mass is 468 g/mol. The van der Waals surface area contributed by atoms with Crippen LogP contribution in [0.5, 0.6) is 17.2 Å². The lowest BCUT2D eigenvalue weighted by Crippen LogP contribution is -2.16. The van der Waals surface area contributed by atoms with Crippen molar-refractivity contribution in [1.82, 2.24) is 0 Å². The molecule has 1 N–H and O–H groups in total. The Kier molecular flexibility index (Phi) is 7.28. The first kappa shape index (κ1) is 24.1. The van der Waals surface area contributed by atoms with Gasteiger partial charge in [-0.05, 0) is 56.2 Å². The molecule has 3 aromatic carbocycles.